The summed E-state index contributed by atoms with van der Waals surface area (Å²) in [5.41, 5.74) is 7.50. The van der Waals surface area contributed by atoms with Gasteiger partial charge in [-0.25, -0.2) is 15.0 Å². The highest BCUT2D eigenvalue weighted by atomic mass is 16.5. The van der Waals surface area contributed by atoms with Gasteiger partial charge in [0.15, 0.2) is 0 Å². The Morgan fingerprint density at radius 1 is 1.24 bits per heavy atom. The summed E-state index contributed by atoms with van der Waals surface area (Å²) in [4.78, 5) is 34.2. The summed E-state index contributed by atoms with van der Waals surface area (Å²) < 4.78 is 13.3. The van der Waals surface area contributed by atoms with Gasteiger partial charge in [-0.15, -0.1) is 0 Å². The van der Waals surface area contributed by atoms with E-state index in [1.54, 1.807) is 47.5 Å². The van der Waals surface area contributed by atoms with Gasteiger partial charge in [-0.05, 0) is 0 Å². The van der Waals surface area contributed by atoms with Crippen LogP contribution in [0.5, 0.6) is 5.88 Å². The van der Waals surface area contributed by atoms with Crippen LogP contribution in [0.2, 0.25) is 0 Å². The highest BCUT2D eigenvalue weighted by molar-refractivity contribution is 5.93. The molecule has 3 aromatic rings. The molecule has 1 aliphatic heterocycles. The minimum absolute atomic E-state index is 0.0467. The number of aromatic nitrogens is 6. The minimum Gasteiger partial charge on any atom is -0.474 e. The first-order valence-electron chi connectivity index (χ1n) is 12.1. The van der Waals surface area contributed by atoms with Crippen LogP contribution in [0.4, 0.5) is 11.9 Å². The topological polar surface area (TPSA) is 161 Å². The number of carbonyl (C=O) groups is 1. The van der Waals surface area contributed by atoms with Crippen molar-refractivity contribution in [2.45, 2.75) is 38.0 Å². The van der Waals surface area contributed by atoms with Crippen LogP contribution in [-0.2, 0) is 11.3 Å². The number of anilines is 2. The summed E-state index contributed by atoms with van der Waals surface area (Å²) in [5, 5.41) is 12.9. The number of ether oxygens (including phenoxy) is 2. The van der Waals surface area contributed by atoms with Gasteiger partial charge in [-0.1, -0.05) is 0 Å². The summed E-state index contributed by atoms with van der Waals surface area (Å²) in [7, 11) is 1.79. The molecular formula is C24H28N10O3. The minimum atomic E-state index is -0.103. The molecule has 1 amide bonds. The van der Waals surface area contributed by atoms with Crippen LogP contribution < -0.4 is 15.4 Å². The lowest BCUT2D eigenvalue weighted by Gasteiger charge is -2.40. The summed E-state index contributed by atoms with van der Waals surface area (Å²) >= 11 is 0. The molecule has 5 rings (SSSR count). The van der Waals surface area contributed by atoms with Crippen molar-refractivity contribution in [3.05, 3.63) is 36.4 Å². The molecule has 0 bridgehead atoms. The maximum absolute atomic E-state index is 12.9. The molecule has 4 heterocycles. The molecule has 0 spiro atoms. The van der Waals surface area contributed by atoms with E-state index in [-0.39, 0.29) is 24.0 Å². The van der Waals surface area contributed by atoms with Crippen molar-refractivity contribution in [3.8, 4) is 23.2 Å². The lowest BCUT2D eigenvalue weighted by molar-refractivity contribution is 0.0236. The Labute approximate surface area is 213 Å². The summed E-state index contributed by atoms with van der Waals surface area (Å²) in [6.45, 7) is 3.05. The maximum atomic E-state index is 12.9. The van der Waals surface area contributed by atoms with Crippen LogP contribution in [0.25, 0.3) is 11.3 Å². The Hall–Kier alpha value is -4.31. The smallest absolute Gasteiger partial charge is 0.257 e. The van der Waals surface area contributed by atoms with E-state index < -0.39 is 0 Å². The number of nitrogens with zero attached hydrogens (tertiary/aromatic N) is 9. The summed E-state index contributed by atoms with van der Waals surface area (Å²) in [5.74, 6) is 1.11. The van der Waals surface area contributed by atoms with Crippen molar-refractivity contribution in [2.24, 2.45) is 0 Å². The highest BCUT2D eigenvalue weighted by Gasteiger charge is 2.36. The zero-order chi connectivity index (χ0) is 25.8. The second-order valence-electron chi connectivity index (χ2n) is 9.00. The molecule has 0 atom stereocenters. The average Bonchev–Trinajstić information content (AvgIpc) is 3.38. The second kappa shape index (κ2) is 10.8. The van der Waals surface area contributed by atoms with E-state index in [0.29, 0.717) is 80.8 Å². The second-order valence-corrected chi connectivity index (χ2v) is 9.00. The number of amides is 1. The summed E-state index contributed by atoms with van der Waals surface area (Å²) in [6.07, 6.45) is 8.10. The van der Waals surface area contributed by atoms with Gasteiger partial charge in [-0.3, -0.25) is 9.48 Å². The molecule has 2 aliphatic rings. The lowest BCUT2D eigenvalue weighted by atomic mass is 9.88. The predicted molar refractivity (Wildman–Crippen MR) is 132 cm³/mol. The van der Waals surface area contributed by atoms with Crippen molar-refractivity contribution in [3.63, 3.8) is 0 Å². The first-order valence-corrected chi connectivity index (χ1v) is 12.1. The third-order valence-corrected chi connectivity index (χ3v) is 6.51. The van der Waals surface area contributed by atoms with Crippen molar-refractivity contribution in [1.82, 2.24) is 34.6 Å². The highest BCUT2D eigenvalue weighted by Crippen LogP contribution is 2.31. The van der Waals surface area contributed by atoms with Gasteiger partial charge in [0.1, 0.15) is 6.10 Å². The van der Waals surface area contributed by atoms with E-state index in [9.17, 15) is 4.79 Å². The maximum Gasteiger partial charge on any atom is 0.257 e. The molecule has 2 fully saturated rings. The number of hydrogen-bond donors (Lipinski definition) is 1. The van der Waals surface area contributed by atoms with Gasteiger partial charge in [-0.2, -0.15) is 15.3 Å². The number of carbonyl (C=O) groups excluding carboxylic acids is 1. The first-order chi connectivity index (χ1) is 18.0. The van der Waals surface area contributed by atoms with E-state index >= 15 is 0 Å². The Bertz CT molecular complexity index is 1280. The van der Waals surface area contributed by atoms with Crippen LogP contribution in [-0.4, -0.2) is 86.0 Å². The van der Waals surface area contributed by atoms with E-state index in [0.717, 1.165) is 0 Å². The largest absolute Gasteiger partial charge is 0.474 e. The average molecular weight is 505 g/mol. The molecule has 0 aromatic carbocycles. The van der Waals surface area contributed by atoms with Gasteiger partial charge in [0, 0.05) is 69.2 Å². The number of nitrogens with two attached hydrogens (primary N) is 1. The van der Waals surface area contributed by atoms with Crippen LogP contribution in [0.1, 0.15) is 29.6 Å². The van der Waals surface area contributed by atoms with Crippen molar-refractivity contribution >= 4 is 17.8 Å². The van der Waals surface area contributed by atoms with E-state index in [1.165, 1.54) is 0 Å². The summed E-state index contributed by atoms with van der Waals surface area (Å²) in [6, 6.07) is 3.90. The van der Waals surface area contributed by atoms with E-state index in [1.807, 2.05) is 0 Å². The fourth-order valence-corrected chi connectivity index (χ4v) is 4.25. The third-order valence-electron chi connectivity index (χ3n) is 6.51. The van der Waals surface area contributed by atoms with Gasteiger partial charge < -0.3 is 25.0 Å². The van der Waals surface area contributed by atoms with Gasteiger partial charge in [0.25, 0.3) is 5.91 Å². The molecule has 3 aromatic heterocycles. The fourth-order valence-electron chi connectivity index (χ4n) is 4.25. The number of rotatable bonds is 8. The third kappa shape index (κ3) is 5.59. The molecule has 37 heavy (non-hydrogen) atoms. The molecule has 13 heteroatoms. The zero-order valence-electron chi connectivity index (χ0n) is 20.5. The van der Waals surface area contributed by atoms with Crippen molar-refractivity contribution in [2.75, 3.05) is 44.0 Å². The van der Waals surface area contributed by atoms with Crippen LogP contribution in [0.15, 0.2) is 30.9 Å². The quantitative estimate of drug-likeness (QED) is 0.468. The molecule has 1 saturated heterocycles. The first kappa shape index (κ1) is 24.4. The Balaban J connectivity index is 1.25. The van der Waals surface area contributed by atoms with Crippen LogP contribution in [0.3, 0.4) is 0 Å². The van der Waals surface area contributed by atoms with Crippen molar-refractivity contribution in [1.29, 1.82) is 5.26 Å². The lowest BCUT2D eigenvalue weighted by Crippen LogP contribution is -2.49. The molecule has 0 radical (unpaired) electrons. The normalized spacial score (nSPS) is 19.1. The SMILES string of the molecule is CN(C(=O)c1cnn(CCC#N)c1)C1CC(Oc2cc(-c3cnc(N)nc3)nc(N3CCOCC3)n2)C1. The number of aryl methyl sites for hydroxylation is 1. The van der Waals surface area contributed by atoms with Gasteiger partial charge in [0.05, 0.1) is 49.7 Å². The monoisotopic (exact) mass is 504 g/mol. The Morgan fingerprint density at radius 3 is 2.73 bits per heavy atom. The molecule has 1 aliphatic carbocycles. The number of hydrogen-bond acceptors (Lipinski definition) is 11. The van der Waals surface area contributed by atoms with Crippen molar-refractivity contribution < 1.29 is 14.3 Å². The Morgan fingerprint density at radius 2 is 2.00 bits per heavy atom. The number of morpholine rings is 1. The van der Waals surface area contributed by atoms with Crippen LogP contribution in [0, 0.1) is 11.3 Å². The fraction of sp³-hybridized carbons (Fsp3) is 0.458. The molecule has 0 unspecified atom stereocenters. The van der Waals surface area contributed by atoms with Gasteiger partial charge in [0.2, 0.25) is 17.8 Å². The van der Waals surface area contributed by atoms with E-state index in [4.69, 9.17) is 25.5 Å². The number of nitriles is 1. The molecule has 2 N–H and O–H groups in total. The predicted octanol–water partition coefficient (Wildman–Crippen LogP) is 1.14. The van der Waals surface area contributed by atoms with Crippen LogP contribution >= 0.6 is 0 Å². The van der Waals surface area contributed by atoms with Gasteiger partial charge >= 0.3 is 0 Å². The van der Waals surface area contributed by atoms with E-state index in [2.05, 4.69) is 31.0 Å². The molecular weight excluding hydrogens is 476 g/mol. The number of nitrogen functional groups attached to an aromatic ring is 1. The molecule has 13 nitrogen and oxygen atoms in total. The Kier molecular flexibility index (Phi) is 7.09. The molecule has 1 saturated carbocycles. The standard InChI is InChI=1S/C24H28N10O3/c1-32(22(35)17-14-29-34(15-17)4-2-3-25)18-9-19(10-18)37-21-11-20(16-12-27-23(26)28-13-16)30-24(31-21)33-5-7-36-8-6-33/h11-15,18-19H,2,4-10H2,1H3,(H2,26,27,28). The molecule has 192 valence electrons. The zero-order valence-corrected chi connectivity index (χ0v) is 20.5.